The van der Waals surface area contributed by atoms with E-state index < -0.39 is 5.54 Å². The Morgan fingerprint density at radius 2 is 2.00 bits per heavy atom. The zero-order valence-corrected chi connectivity index (χ0v) is 8.94. The van der Waals surface area contributed by atoms with E-state index in [1.165, 1.54) is 19.3 Å². The Balaban J connectivity index is 1.78. The second-order valence-electron chi connectivity index (χ2n) is 5.05. The first-order valence-corrected chi connectivity index (χ1v) is 5.67. The average Bonchev–Trinajstić information content (AvgIpc) is 2.91. The highest BCUT2D eigenvalue weighted by atomic mass is 16.2. The summed E-state index contributed by atoms with van der Waals surface area (Å²) in [6, 6.07) is 0. The van der Waals surface area contributed by atoms with Crippen LogP contribution in [0.25, 0.3) is 0 Å². The van der Waals surface area contributed by atoms with Crippen molar-refractivity contribution < 1.29 is 4.79 Å². The van der Waals surface area contributed by atoms with E-state index in [1.54, 1.807) is 0 Å². The monoisotopic (exact) mass is 196 g/mol. The smallest absolute Gasteiger partial charge is 0.240 e. The Morgan fingerprint density at radius 3 is 2.36 bits per heavy atom. The molecule has 0 radical (unpaired) electrons. The minimum Gasteiger partial charge on any atom is -0.354 e. The maximum Gasteiger partial charge on any atom is 0.240 e. The molecule has 0 aromatic heterocycles. The van der Waals surface area contributed by atoms with Gasteiger partial charge in [0, 0.05) is 6.54 Å². The molecule has 0 heterocycles. The molecule has 2 aliphatic rings. The van der Waals surface area contributed by atoms with Gasteiger partial charge in [-0.15, -0.1) is 0 Å². The fourth-order valence-corrected chi connectivity index (χ4v) is 2.06. The van der Waals surface area contributed by atoms with Crippen LogP contribution in [0.2, 0.25) is 0 Å². The first-order valence-electron chi connectivity index (χ1n) is 5.67. The van der Waals surface area contributed by atoms with E-state index in [0.29, 0.717) is 5.41 Å². The number of nitrogens with two attached hydrogens (primary N) is 1. The lowest BCUT2D eigenvalue weighted by Gasteiger charge is -2.36. The zero-order valence-electron chi connectivity index (χ0n) is 8.94. The molecular weight excluding hydrogens is 176 g/mol. The lowest BCUT2D eigenvalue weighted by atomic mass is 9.77. The van der Waals surface area contributed by atoms with E-state index in [1.807, 2.05) is 0 Å². The molecule has 3 N–H and O–H groups in total. The van der Waals surface area contributed by atoms with Gasteiger partial charge in [0.15, 0.2) is 0 Å². The summed E-state index contributed by atoms with van der Waals surface area (Å²) in [5.74, 6) is 0.0727. The quantitative estimate of drug-likeness (QED) is 0.709. The van der Waals surface area contributed by atoms with Crippen molar-refractivity contribution in [1.29, 1.82) is 0 Å². The van der Waals surface area contributed by atoms with Crippen LogP contribution in [0.4, 0.5) is 0 Å². The second kappa shape index (κ2) is 3.23. The van der Waals surface area contributed by atoms with Gasteiger partial charge in [0.05, 0.1) is 5.54 Å². The minimum atomic E-state index is -0.524. The summed E-state index contributed by atoms with van der Waals surface area (Å²) in [6.07, 6.45) is 6.52. The molecule has 80 valence electrons. The Bertz CT molecular complexity index is 242. The fraction of sp³-hybridized carbons (Fsp3) is 0.909. The lowest BCUT2D eigenvalue weighted by molar-refractivity contribution is -0.129. The summed E-state index contributed by atoms with van der Waals surface area (Å²) < 4.78 is 0. The van der Waals surface area contributed by atoms with Crippen molar-refractivity contribution in [3.8, 4) is 0 Å². The molecule has 0 saturated heterocycles. The van der Waals surface area contributed by atoms with Crippen LogP contribution in [0, 0.1) is 5.41 Å². The molecule has 3 nitrogen and oxygen atoms in total. The Morgan fingerprint density at radius 1 is 1.36 bits per heavy atom. The topological polar surface area (TPSA) is 55.1 Å². The van der Waals surface area contributed by atoms with Crippen molar-refractivity contribution in [2.24, 2.45) is 11.1 Å². The van der Waals surface area contributed by atoms with Gasteiger partial charge in [-0.25, -0.2) is 0 Å². The summed E-state index contributed by atoms with van der Waals surface area (Å²) in [5, 5.41) is 3.01. The van der Waals surface area contributed by atoms with E-state index in [-0.39, 0.29) is 5.91 Å². The number of carbonyl (C=O) groups excluding carboxylic acids is 1. The van der Waals surface area contributed by atoms with Gasteiger partial charge in [-0.05, 0) is 43.9 Å². The Kier molecular flexibility index (Phi) is 2.30. The maximum absolute atomic E-state index is 11.7. The summed E-state index contributed by atoms with van der Waals surface area (Å²) in [5.41, 5.74) is 5.83. The molecular formula is C11H20N2O. The van der Waals surface area contributed by atoms with E-state index in [0.717, 1.165) is 25.8 Å². The Labute approximate surface area is 85.4 Å². The van der Waals surface area contributed by atoms with E-state index >= 15 is 0 Å². The third kappa shape index (κ3) is 1.65. The lowest BCUT2D eigenvalue weighted by Crippen LogP contribution is -2.59. The fourth-order valence-electron chi connectivity index (χ4n) is 2.06. The van der Waals surface area contributed by atoms with Gasteiger partial charge in [0.1, 0.15) is 0 Å². The maximum atomic E-state index is 11.7. The van der Waals surface area contributed by atoms with Gasteiger partial charge in [-0.1, -0.05) is 6.92 Å². The van der Waals surface area contributed by atoms with Gasteiger partial charge >= 0.3 is 0 Å². The van der Waals surface area contributed by atoms with Crippen molar-refractivity contribution in [3.63, 3.8) is 0 Å². The molecule has 0 aromatic rings. The van der Waals surface area contributed by atoms with Crippen LogP contribution >= 0.6 is 0 Å². The zero-order chi connectivity index (χ0) is 10.2. The average molecular weight is 196 g/mol. The molecule has 2 rings (SSSR count). The molecule has 0 spiro atoms. The van der Waals surface area contributed by atoms with Gasteiger partial charge < -0.3 is 11.1 Å². The van der Waals surface area contributed by atoms with Crippen LogP contribution in [-0.4, -0.2) is 18.0 Å². The van der Waals surface area contributed by atoms with Gasteiger partial charge in [-0.3, -0.25) is 4.79 Å². The van der Waals surface area contributed by atoms with E-state index in [4.69, 9.17) is 5.73 Å². The third-order valence-electron chi connectivity index (χ3n) is 4.03. The van der Waals surface area contributed by atoms with Crippen LogP contribution in [0.1, 0.15) is 45.4 Å². The van der Waals surface area contributed by atoms with Crippen molar-refractivity contribution in [1.82, 2.24) is 5.32 Å². The van der Waals surface area contributed by atoms with Gasteiger partial charge in [-0.2, -0.15) is 0 Å². The standard InChI is InChI=1S/C11H20N2O/c1-2-10(6-7-10)8-13-9(14)11(12)4-3-5-11/h2-8,12H2,1H3,(H,13,14). The highest BCUT2D eigenvalue weighted by Crippen LogP contribution is 2.48. The normalized spacial score (nSPS) is 26.4. The van der Waals surface area contributed by atoms with Gasteiger partial charge in [0.25, 0.3) is 0 Å². The molecule has 14 heavy (non-hydrogen) atoms. The highest BCUT2D eigenvalue weighted by molar-refractivity contribution is 5.87. The SMILES string of the molecule is CCC1(CNC(=O)C2(N)CCC2)CC1. The predicted molar refractivity (Wildman–Crippen MR) is 55.7 cm³/mol. The van der Waals surface area contributed by atoms with E-state index in [9.17, 15) is 4.79 Å². The minimum absolute atomic E-state index is 0.0727. The van der Waals surface area contributed by atoms with Crippen molar-refractivity contribution in [2.45, 2.75) is 51.0 Å². The molecule has 0 unspecified atom stereocenters. The van der Waals surface area contributed by atoms with Crippen LogP contribution in [0.15, 0.2) is 0 Å². The number of carbonyl (C=O) groups is 1. The first-order chi connectivity index (χ1) is 6.60. The summed E-state index contributed by atoms with van der Waals surface area (Å²) in [4.78, 5) is 11.7. The van der Waals surface area contributed by atoms with E-state index in [2.05, 4.69) is 12.2 Å². The highest BCUT2D eigenvalue weighted by Gasteiger charge is 2.44. The molecule has 2 aliphatic carbocycles. The van der Waals surface area contributed by atoms with Gasteiger partial charge in [0.2, 0.25) is 5.91 Å². The van der Waals surface area contributed by atoms with Crippen molar-refractivity contribution >= 4 is 5.91 Å². The van der Waals surface area contributed by atoms with Crippen LogP contribution in [-0.2, 0) is 4.79 Å². The molecule has 3 heteroatoms. The molecule has 2 fully saturated rings. The Hall–Kier alpha value is -0.570. The largest absolute Gasteiger partial charge is 0.354 e. The molecule has 1 amide bonds. The molecule has 0 aromatic carbocycles. The molecule has 0 atom stereocenters. The first kappa shape index (κ1) is 9.97. The number of amides is 1. The molecule has 2 saturated carbocycles. The summed E-state index contributed by atoms with van der Waals surface area (Å²) in [7, 11) is 0. The number of hydrogen-bond acceptors (Lipinski definition) is 2. The van der Waals surface area contributed by atoms with Crippen LogP contribution in [0.5, 0.6) is 0 Å². The molecule has 0 aliphatic heterocycles. The summed E-state index contributed by atoms with van der Waals surface area (Å²) >= 11 is 0. The summed E-state index contributed by atoms with van der Waals surface area (Å²) in [6.45, 7) is 3.03. The van der Waals surface area contributed by atoms with Crippen molar-refractivity contribution in [3.05, 3.63) is 0 Å². The predicted octanol–water partition coefficient (Wildman–Crippen LogP) is 1.17. The third-order valence-corrected chi connectivity index (χ3v) is 4.03. The van der Waals surface area contributed by atoms with Crippen LogP contribution in [0.3, 0.4) is 0 Å². The van der Waals surface area contributed by atoms with Crippen LogP contribution < -0.4 is 11.1 Å². The van der Waals surface area contributed by atoms with Crippen molar-refractivity contribution in [2.75, 3.05) is 6.54 Å². The second-order valence-corrected chi connectivity index (χ2v) is 5.05. The number of hydrogen-bond donors (Lipinski definition) is 2. The number of rotatable bonds is 4. The molecule has 0 bridgehead atoms. The number of nitrogens with one attached hydrogen (secondary N) is 1.